The van der Waals surface area contributed by atoms with Gasteiger partial charge in [-0.05, 0) is 6.07 Å². The second-order valence-electron chi connectivity index (χ2n) is 2.55. The highest BCUT2D eigenvalue weighted by molar-refractivity contribution is 5.85. The zero-order chi connectivity index (χ0) is 8.55. The van der Waals surface area contributed by atoms with E-state index in [9.17, 15) is 4.39 Å². The van der Waals surface area contributed by atoms with Crippen molar-refractivity contribution in [1.29, 1.82) is 0 Å². The number of halogens is 2. The molecule has 0 unspecified atom stereocenters. The Bertz CT molecular complexity index is 413. The lowest BCUT2D eigenvalue weighted by Gasteiger charge is -1.89. The van der Waals surface area contributed by atoms with Gasteiger partial charge in [0.1, 0.15) is 11.5 Å². The zero-order valence-corrected chi connectivity index (χ0v) is 7.59. The highest BCUT2D eigenvalue weighted by Crippen LogP contribution is 2.06. The number of aromatic nitrogens is 2. The van der Waals surface area contributed by atoms with Crippen molar-refractivity contribution in [3.05, 3.63) is 36.0 Å². The molecule has 2 aromatic rings. The Morgan fingerprint density at radius 1 is 1.54 bits per heavy atom. The van der Waals surface area contributed by atoms with Crippen LogP contribution in [0.15, 0.2) is 24.5 Å². The van der Waals surface area contributed by atoms with Crippen molar-refractivity contribution in [2.75, 3.05) is 0 Å². The monoisotopic (exact) mass is 201 g/mol. The van der Waals surface area contributed by atoms with E-state index in [0.29, 0.717) is 12.2 Å². The summed E-state index contributed by atoms with van der Waals surface area (Å²) >= 11 is 0. The Kier molecular flexibility index (Phi) is 2.85. The molecule has 0 aliphatic rings. The third kappa shape index (κ3) is 1.79. The SMILES string of the molecule is Cl.NCc1cn2ccc(F)cc2n1. The van der Waals surface area contributed by atoms with Crippen LogP contribution in [0, 0.1) is 5.82 Å². The minimum atomic E-state index is -0.281. The normalized spacial score (nSPS) is 10.0. The van der Waals surface area contributed by atoms with Gasteiger partial charge >= 0.3 is 0 Å². The van der Waals surface area contributed by atoms with E-state index in [4.69, 9.17) is 5.73 Å². The van der Waals surface area contributed by atoms with Crippen LogP contribution in [0.4, 0.5) is 4.39 Å². The minimum absolute atomic E-state index is 0. The maximum atomic E-state index is 12.7. The quantitative estimate of drug-likeness (QED) is 0.757. The third-order valence-corrected chi connectivity index (χ3v) is 1.68. The van der Waals surface area contributed by atoms with E-state index in [2.05, 4.69) is 4.98 Å². The number of fused-ring (bicyclic) bond motifs is 1. The van der Waals surface area contributed by atoms with E-state index in [-0.39, 0.29) is 18.2 Å². The number of rotatable bonds is 1. The predicted octanol–water partition coefficient (Wildman–Crippen LogP) is 1.35. The molecule has 0 amide bonds. The van der Waals surface area contributed by atoms with Gasteiger partial charge in [-0.1, -0.05) is 0 Å². The number of nitrogens with two attached hydrogens (primary N) is 1. The summed E-state index contributed by atoms with van der Waals surface area (Å²) in [4.78, 5) is 4.09. The second kappa shape index (κ2) is 3.72. The Balaban J connectivity index is 0.000000845. The van der Waals surface area contributed by atoms with E-state index in [1.54, 1.807) is 16.8 Å². The van der Waals surface area contributed by atoms with Crippen molar-refractivity contribution < 1.29 is 4.39 Å². The lowest BCUT2D eigenvalue weighted by Crippen LogP contribution is -1.95. The van der Waals surface area contributed by atoms with Gasteiger partial charge in [0, 0.05) is 25.0 Å². The van der Waals surface area contributed by atoms with Gasteiger partial charge in [-0.3, -0.25) is 0 Å². The summed E-state index contributed by atoms with van der Waals surface area (Å²) in [5, 5.41) is 0. The van der Waals surface area contributed by atoms with Crippen LogP contribution in [-0.4, -0.2) is 9.38 Å². The molecule has 0 aliphatic heterocycles. The van der Waals surface area contributed by atoms with Crippen molar-refractivity contribution in [3.63, 3.8) is 0 Å². The second-order valence-corrected chi connectivity index (χ2v) is 2.55. The molecule has 0 atom stereocenters. The van der Waals surface area contributed by atoms with Crippen LogP contribution in [0.3, 0.4) is 0 Å². The van der Waals surface area contributed by atoms with Gasteiger partial charge in [-0.2, -0.15) is 0 Å². The van der Waals surface area contributed by atoms with Crippen LogP contribution in [0.25, 0.3) is 5.65 Å². The first kappa shape index (κ1) is 9.95. The van der Waals surface area contributed by atoms with E-state index in [1.165, 1.54) is 12.1 Å². The first-order valence-corrected chi connectivity index (χ1v) is 3.63. The molecule has 2 rings (SSSR count). The minimum Gasteiger partial charge on any atom is -0.325 e. The van der Waals surface area contributed by atoms with Crippen molar-refractivity contribution >= 4 is 18.1 Å². The molecule has 13 heavy (non-hydrogen) atoms. The van der Waals surface area contributed by atoms with Gasteiger partial charge in [0.05, 0.1) is 5.69 Å². The molecule has 0 aliphatic carbocycles. The van der Waals surface area contributed by atoms with Crippen LogP contribution in [-0.2, 0) is 6.54 Å². The predicted molar refractivity (Wildman–Crippen MR) is 50.3 cm³/mol. The largest absolute Gasteiger partial charge is 0.325 e. The van der Waals surface area contributed by atoms with E-state index < -0.39 is 0 Å². The smallest absolute Gasteiger partial charge is 0.139 e. The van der Waals surface area contributed by atoms with Crippen molar-refractivity contribution in [3.8, 4) is 0 Å². The molecule has 0 saturated heterocycles. The first-order chi connectivity index (χ1) is 5.79. The fourth-order valence-corrected chi connectivity index (χ4v) is 1.11. The average Bonchev–Trinajstić information content (AvgIpc) is 2.46. The van der Waals surface area contributed by atoms with Crippen LogP contribution in [0.1, 0.15) is 5.69 Å². The number of imidazole rings is 1. The Hall–Kier alpha value is -1.13. The molecule has 5 heteroatoms. The first-order valence-electron chi connectivity index (χ1n) is 3.63. The summed E-state index contributed by atoms with van der Waals surface area (Å²) < 4.78 is 14.4. The highest BCUT2D eigenvalue weighted by Gasteiger charge is 1.99. The summed E-state index contributed by atoms with van der Waals surface area (Å²) in [6, 6.07) is 2.76. The molecule has 2 heterocycles. The summed E-state index contributed by atoms with van der Waals surface area (Å²) in [6.45, 7) is 0.378. The molecule has 0 radical (unpaired) electrons. The topological polar surface area (TPSA) is 43.3 Å². The molecule has 0 fully saturated rings. The van der Waals surface area contributed by atoms with Crippen LogP contribution < -0.4 is 5.73 Å². The van der Waals surface area contributed by atoms with Crippen LogP contribution >= 0.6 is 12.4 Å². The molecular formula is C8H9ClFN3. The maximum absolute atomic E-state index is 12.7. The molecule has 2 N–H and O–H groups in total. The zero-order valence-electron chi connectivity index (χ0n) is 6.77. The number of pyridine rings is 1. The summed E-state index contributed by atoms with van der Waals surface area (Å²) in [5.74, 6) is -0.281. The molecule has 70 valence electrons. The van der Waals surface area contributed by atoms with Crippen LogP contribution in [0.5, 0.6) is 0 Å². The Morgan fingerprint density at radius 2 is 2.31 bits per heavy atom. The Labute approximate surface area is 80.8 Å². The van der Waals surface area contributed by atoms with Gasteiger partial charge in [0.2, 0.25) is 0 Å². The third-order valence-electron chi connectivity index (χ3n) is 1.68. The van der Waals surface area contributed by atoms with Crippen molar-refractivity contribution in [2.45, 2.75) is 6.54 Å². The van der Waals surface area contributed by atoms with E-state index in [0.717, 1.165) is 5.69 Å². The van der Waals surface area contributed by atoms with E-state index in [1.807, 2.05) is 0 Å². The summed E-state index contributed by atoms with van der Waals surface area (Å²) in [6.07, 6.45) is 3.41. The molecule has 0 spiro atoms. The summed E-state index contributed by atoms with van der Waals surface area (Å²) in [7, 11) is 0. The number of nitrogens with zero attached hydrogens (tertiary/aromatic N) is 2. The van der Waals surface area contributed by atoms with Gasteiger partial charge in [0.15, 0.2) is 0 Å². The fraction of sp³-hybridized carbons (Fsp3) is 0.125. The van der Waals surface area contributed by atoms with Crippen LogP contribution in [0.2, 0.25) is 0 Å². The van der Waals surface area contributed by atoms with Gasteiger partial charge in [-0.25, -0.2) is 9.37 Å². The molecule has 0 saturated carbocycles. The molecule has 2 aromatic heterocycles. The van der Waals surface area contributed by atoms with Gasteiger partial charge in [-0.15, -0.1) is 12.4 Å². The average molecular weight is 202 g/mol. The molecule has 0 bridgehead atoms. The van der Waals surface area contributed by atoms with Gasteiger partial charge in [0.25, 0.3) is 0 Å². The van der Waals surface area contributed by atoms with E-state index >= 15 is 0 Å². The number of hydrogen-bond acceptors (Lipinski definition) is 2. The lowest BCUT2D eigenvalue weighted by molar-refractivity contribution is 0.626. The Morgan fingerprint density at radius 3 is 3.00 bits per heavy atom. The van der Waals surface area contributed by atoms with Gasteiger partial charge < -0.3 is 10.1 Å². The molecule has 0 aromatic carbocycles. The standard InChI is InChI=1S/C8H8FN3.ClH/c9-6-1-2-12-5-7(4-10)11-8(12)3-6;/h1-3,5H,4,10H2;1H. The molecular weight excluding hydrogens is 193 g/mol. The van der Waals surface area contributed by atoms with Crippen molar-refractivity contribution in [2.24, 2.45) is 5.73 Å². The lowest BCUT2D eigenvalue weighted by atomic mass is 10.4. The van der Waals surface area contributed by atoms with Crippen molar-refractivity contribution in [1.82, 2.24) is 9.38 Å². The molecule has 3 nitrogen and oxygen atoms in total. The fourth-order valence-electron chi connectivity index (χ4n) is 1.11. The maximum Gasteiger partial charge on any atom is 0.139 e. The summed E-state index contributed by atoms with van der Waals surface area (Å²) in [5.41, 5.74) is 6.74. The number of hydrogen-bond donors (Lipinski definition) is 1. The highest BCUT2D eigenvalue weighted by atomic mass is 35.5.